The van der Waals surface area contributed by atoms with Crippen molar-refractivity contribution in [3.63, 3.8) is 0 Å². The molecule has 3 aromatic rings. The second-order valence-electron chi connectivity index (χ2n) is 7.28. The van der Waals surface area contributed by atoms with E-state index in [1.807, 2.05) is 0 Å². The van der Waals surface area contributed by atoms with Crippen LogP contribution in [0, 0.1) is 6.92 Å². The van der Waals surface area contributed by atoms with Gasteiger partial charge in [0.1, 0.15) is 11.5 Å². The van der Waals surface area contributed by atoms with Crippen molar-refractivity contribution in [1.82, 2.24) is 0 Å². The Hall–Kier alpha value is -3.69. The Morgan fingerprint density at radius 1 is 0.818 bits per heavy atom. The number of ether oxygens (including phenoxy) is 1. The number of nitrogens with two attached hydrogens (primary N) is 1. The van der Waals surface area contributed by atoms with Gasteiger partial charge < -0.3 is 15.6 Å². The lowest BCUT2D eigenvalue weighted by Crippen LogP contribution is -2.54. The standard InChI is InChI=1S/C23H17F6NO3/c1-13-2-3-14(12-19(13)30)20(32)33-18-10-6-16(7-11-18)21(22(24,25)26,23(27,28)29)15-4-8-17(31)9-5-15/h2-12,31H,30H2,1H3. The second-order valence-corrected chi connectivity index (χ2v) is 7.28. The van der Waals surface area contributed by atoms with Gasteiger partial charge in [0.05, 0.1) is 5.56 Å². The lowest BCUT2D eigenvalue weighted by atomic mass is 9.73. The Balaban J connectivity index is 2.03. The van der Waals surface area contributed by atoms with Gasteiger partial charge in [-0.3, -0.25) is 0 Å². The van der Waals surface area contributed by atoms with Crippen molar-refractivity contribution in [2.24, 2.45) is 0 Å². The summed E-state index contributed by atoms with van der Waals surface area (Å²) < 4.78 is 89.5. The Labute approximate surface area is 184 Å². The number of carbonyl (C=O) groups is 1. The SMILES string of the molecule is Cc1ccc(C(=O)Oc2ccc(C(c3ccc(O)cc3)(C(F)(F)F)C(F)(F)F)cc2)cc1N. The monoisotopic (exact) mass is 469 g/mol. The number of aryl methyl sites for hydroxylation is 1. The molecular weight excluding hydrogens is 452 g/mol. The van der Waals surface area contributed by atoms with E-state index in [2.05, 4.69) is 0 Å². The lowest BCUT2D eigenvalue weighted by Gasteiger charge is -2.38. The van der Waals surface area contributed by atoms with Gasteiger partial charge in [-0.2, -0.15) is 26.3 Å². The molecule has 10 heteroatoms. The van der Waals surface area contributed by atoms with Crippen molar-refractivity contribution in [1.29, 1.82) is 0 Å². The van der Waals surface area contributed by atoms with Crippen LogP contribution in [0.25, 0.3) is 0 Å². The van der Waals surface area contributed by atoms with Gasteiger partial charge in [-0.15, -0.1) is 0 Å². The van der Waals surface area contributed by atoms with E-state index in [0.29, 0.717) is 35.5 Å². The van der Waals surface area contributed by atoms with E-state index >= 15 is 0 Å². The van der Waals surface area contributed by atoms with Crippen LogP contribution in [0.4, 0.5) is 32.0 Å². The molecule has 0 saturated carbocycles. The summed E-state index contributed by atoms with van der Waals surface area (Å²) in [5, 5.41) is 9.33. The average Bonchev–Trinajstić information content (AvgIpc) is 2.71. The lowest BCUT2D eigenvalue weighted by molar-refractivity contribution is -0.288. The molecule has 0 bridgehead atoms. The fourth-order valence-electron chi connectivity index (χ4n) is 3.40. The maximum Gasteiger partial charge on any atom is 0.411 e. The maximum absolute atomic E-state index is 14.1. The second kappa shape index (κ2) is 8.34. The van der Waals surface area contributed by atoms with Crippen LogP contribution in [0.3, 0.4) is 0 Å². The summed E-state index contributed by atoms with van der Waals surface area (Å²) in [4.78, 5) is 12.3. The predicted octanol–water partition coefficient (Wildman–Crippen LogP) is 5.91. The molecule has 4 nitrogen and oxygen atoms in total. The predicted molar refractivity (Wildman–Crippen MR) is 108 cm³/mol. The largest absolute Gasteiger partial charge is 0.508 e. The summed E-state index contributed by atoms with van der Waals surface area (Å²) >= 11 is 0. The summed E-state index contributed by atoms with van der Waals surface area (Å²) in [6.07, 6.45) is -11.6. The highest BCUT2D eigenvalue weighted by Crippen LogP contribution is 2.56. The summed E-state index contributed by atoms with van der Waals surface area (Å²) in [6.45, 7) is 1.71. The van der Waals surface area contributed by atoms with Gasteiger partial charge in [0, 0.05) is 5.69 Å². The van der Waals surface area contributed by atoms with E-state index in [9.17, 15) is 36.2 Å². The normalized spacial score (nSPS) is 12.5. The Bertz CT molecular complexity index is 1140. The number of carbonyl (C=O) groups excluding carboxylic acids is 1. The minimum Gasteiger partial charge on any atom is -0.508 e. The van der Waals surface area contributed by atoms with Crippen LogP contribution in [0.1, 0.15) is 27.0 Å². The van der Waals surface area contributed by atoms with E-state index < -0.39 is 40.6 Å². The number of anilines is 1. The highest BCUT2D eigenvalue weighted by atomic mass is 19.4. The quantitative estimate of drug-likeness (QED) is 0.216. The number of alkyl halides is 6. The van der Waals surface area contributed by atoms with Crippen LogP contribution in [0.5, 0.6) is 11.5 Å². The van der Waals surface area contributed by atoms with Crippen molar-refractivity contribution in [3.8, 4) is 11.5 Å². The molecule has 0 aromatic heterocycles. The molecule has 0 saturated heterocycles. The van der Waals surface area contributed by atoms with Gasteiger partial charge in [0.15, 0.2) is 0 Å². The van der Waals surface area contributed by atoms with Gasteiger partial charge in [-0.1, -0.05) is 30.3 Å². The molecule has 0 fully saturated rings. The van der Waals surface area contributed by atoms with Gasteiger partial charge in [0.25, 0.3) is 0 Å². The molecule has 0 aliphatic carbocycles. The summed E-state index contributed by atoms with van der Waals surface area (Å²) in [5.74, 6) is -1.63. The fourth-order valence-corrected chi connectivity index (χ4v) is 3.40. The molecule has 0 atom stereocenters. The summed E-state index contributed by atoms with van der Waals surface area (Å²) in [5.41, 5.74) is 0.183. The van der Waals surface area contributed by atoms with Gasteiger partial charge in [0.2, 0.25) is 5.41 Å². The molecule has 0 aliphatic rings. The number of hydrogen-bond donors (Lipinski definition) is 2. The fraction of sp³-hybridized carbons (Fsp3) is 0.174. The zero-order chi connectivity index (χ0) is 24.6. The van der Waals surface area contributed by atoms with Crippen molar-refractivity contribution in [2.75, 3.05) is 5.73 Å². The molecule has 0 unspecified atom stereocenters. The first-order valence-electron chi connectivity index (χ1n) is 9.39. The zero-order valence-electron chi connectivity index (χ0n) is 17.0. The highest BCUT2D eigenvalue weighted by molar-refractivity contribution is 5.92. The minimum absolute atomic E-state index is 0.0613. The molecule has 174 valence electrons. The van der Waals surface area contributed by atoms with Crippen molar-refractivity contribution < 1.29 is 41.0 Å². The Morgan fingerprint density at radius 3 is 1.76 bits per heavy atom. The summed E-state index contributed by atoms with van der Waals surface area (Å²) in [7, 11) is 0. The van der Waals surface area contributed by atoms with Crippen LogP contribution in [-0.4, -0.2) is 23.4 Å². The molecular formula is C23H17F6NO3. The molecule has 3 N–H and O–H groups in total. The zero-order valence-corrected chi connectivity index (χ0v) is 17.0. The molecule has 0 radical (unpaired) electrons. The third kappa shape index (κ3) is 4.33. The molecule has 0 amide bonds. The Kier molecular flexibility index (Phi) is 6.06. The number of benzene rings is 3. The van der Waals surface area contributed by atoms with Gasteiger partial charge in [-0.25, -0.2) is 4.79 Å². The number of rotatable bonds is 4. The number of phenols is 1. The van der Waals surface area contributed by atoms with Gasteiger partial charge >= 0.3 is 18.3 Å². The number of aromatic hydroxyl groups is 1. The van der Waals surface area contributed by atoms with Crippen LogP contribution >= 0.6 is 0 Å². The summed E-state index contributed by atoms with van der Waals surface area (Å²) in [6, 6.07) is 9.82. The molecule has 3 aromatic carbocycles. The van der Waals surface area contributed by atoms with E-state index in [-0.39, 0.29) is 11.3 Å². The molecule has 0 heterocycles. The van der Waals surface area contributed by atoms with Crippen LogP contribution in [0.2, 0.25) is 0 Å². The van der Waals surface area contributed by atoms with E-state index in [0.717, 1.165) is 24.3 Å². The van der Waals surface area contributed by atoms with E-state index in [1.165, 1.54) is 12.1 Å². The first kappa shape index (κ1) is 24.0. The third-order valence-electron chi connectivity index (χ3n) is 5.16. The third-order valence-corrected chi connectivity index (χ3v) is 5.16. The van der Waals surface area contributed by atoms with Crippen LogP contribution < -0.4 is 10.5 Å². The minimum atomic E-state index is -5.78. The van der Waals surface area contributed by atoms with Crippen molar-refractivity contribution in [2.45, 2.75) is 24.7 Å². The van der Waals surface area contributed by atoms with E-state index in [4.69, 9.17) is 10.5 Å². The van der Waals surface area contributed by atoms with Gasteiger partial charge in [-0.05, 0) is 60.0 Å². The number of nitrogen functional groups attached to an aromatic ring is 1. The van der Waals surface area contributed by atoms with Crippen molar-refractivity contribution in [3.05, 3.63) is 89.0 Å². The van der Waals surface area contributed by atoms with Crippen LogP contribution in [-0.2, 0) is 5.41 Å². The maximum atomic E-state index is 14.1. The topological polar surface area (TPSA) is 72.5 Å². The van der Waals surface area contributed by atoms with Crippen LogP contribution in [0.15, 0.2) is 66.7 Å². The number of halogens is 6. The number of hydrogen-bond acceptors (Lipinski definition) is 4. The molecule has 0 aliphatic heterocycles. The highest BCUT2D eigenvalue weighted by Gasteiger charge is 2.72. The molecule has 33 heavy (non-hydrogen) atoms. The van der Waals surface area contributed by atoms with E-state index in [1.54, 1.807) is 13.0 Å². The first-order chi connectivity index (χ1) is 15.3. The molecule has 3 rings (SSSR count). The smallest absolute Gasteiger partial charge is 0.411 e. The Morgan fingerprint density at radius 2 is 1.30 bits per heavy atom. The average molecular weight is 469 g/mol. The van der Waals surface area contributed by atoms with Crippen molar-refractivity contribution >= 4 is 11.7 Å². The number of esters is 1. The number of phenolic OH excluding ortho intramolecular Hbond substituents is 1. The molecule has 0 spiro atoms. The first-order valence-corrected chi connectivity index (χ1v) is 9.39.